The number of nitrogens with zero attached hydrogens (tertiary/aromatic N) is 1. The number of hydrogen-bond donors (Lipinski definition) is 1. The average molecular weight is 237 g/mol. The Kier molecular flexibility index (Phi) is 2.95. The largest absolute Gasteiger partial charge is 1.00 e. The maximum atomic E-state index is 4.13. The average Bonchev–Trinajstić information content (AvgIpc) is 2.26. The number of rotatable bonds is 0. The van der Waals surface area contributed by atoms with Crippen molar-refractivity contribution < 1.29 is 17.7 Å². The molecule has 1 aliphatic heterocycles. The van der Waals surface area contributed by atoms with Crippen molar-refractivity contribution in [3.8, 4) is 0 Å². The van der Waals surface area contributed by atoms with Gasteiger partial charge in [0, 0.05) is 24.5 Å². The summed E-state index contributed by atoms with van der Waals surface area (Å²) in [5.41, 5.74) is 2.57. The molecule has 76 valence electrons. The third-order valence-electron chi connectivity index (χ3n) is 2.27. The highest BCUT2D eigenvalue weighted by molar-refractivity contribution is 7.99. The summed E-state index contributed by atoms with van der Waals surface area (Å²) in [7, 11) is 0. The molecular weight excluding hydrogens is 228 g/mol. The zero-order valence-electron chi connectivity index (χ0n) is 7.85. The van der Waals surface area contributed by atoms with Gasteiger partial charge in [-0.3, -0.25) is 10.3 Å². The zero-order valence-corrected chi connectivity index (χ0v) is 9.42. The molecule has 0 unspecified atom stereocenters. The van der Waals surface area contributed by atoms with Crippen molar-refractivity contribution in [3.05, 3.63) is 42.7 Å². The van der Waals surface area contributed by atoms with Gasteiger partial charge in [-0.15, -0.1) is 0 Å². The molecule has 0 atom stereocenters. The summed E-state index contributed by atoms with van der Waals surface area (Å²) in [4.78, 5) is 6.68. The lowest BCUT2D eigenvalue weighted by molar-refractivity contribution is -0.485. The number of fused-ring (bicyclic) bond motifs is 2. The number of benzene rings is 1. The van der Waals surface area contributed by atoms with Gasteiger partial charge in [0.15, 0.2) is 5.69 Å². The van der Waals surface area contributed by atoms with Crippen molar-refractivity contribution in [1.29, 1.82) is 0 Å². The number of para-hydroxylation sites is 1. The van der Waals surface area contributed by atoms with E-state index in [0.717, 1.165) is 0 Å². The maximum Gasteiger partial charge on any atom is 0.151 e. The zero-order chi connectivity index (χ0) is 9.38. The molecule has 2 aromatic rings. The van der Waals surface area contributed by atoms with Crippen molar-refractivity contribution in [2.45, 2.75) is 9.79 Å². The Balaban J connectivity index is 0.000000853. The van der Waals surface area contributed by atoms with Crippen LogP contribution < -0.4 is 17.7 Å². The smallest absolute Gasteiger partial charge is 0.151 e. The summed E-state index contributed by atoms with van der Waals surface area (Å²) >= 11 is 1.79. The predicted octanol–water partition coefficient (Wildman–Crippen LogP) is -0.923. The number of hydrogen-bond acceptors (Lipinski definition) is 2. The molecule has 0 bridgehead atoms. The van der Waals surface area contributed by atoms with Crippen molar-refractivity contribution in [2.24, 2.45) is 0 Å². The first-order valence-electron chi connectivity index (χ1n) is 4.49. The van der Waals surface area contributed by atoms with Gasteiger partial charge in [0.05, 0.1) is 9.79 Å². The first-order valence-corrected chi connectivity index (χ1v) is 5.31. The lowest BCUT2D eigenvalue weighted by Gasteiger charge is -2.14. The second-order valence-electron chi connectivity index (χ2n) is 3.20. The van der Waals surface area contributed by atoms with Crippen LogP contribution in [0.3, 0.4) is 0 Å². The Hall–Kier alpha value is -1.03. The molecule has 2 heterocycles. The van der Waals surface area contributed by atoms with Crippen molar-refractivity contribution >= 4 is 23.1 Å². The molecule has 1 aromatic heterocycles. The fourth-order valence-corrected chi connectivity index (χ4v) is 2.56. The van der Waals surface area contributed by atoms with Crippen LogP contribution in [0.25, 0.3) is 0 Å². The van der Waals surface area contributed by atoms with Crippen LogP contribution in [0, 0.1) is 0 Å². The first-order chi connectivity index (χ1) is 6.93. The highest BCUT2D eigenvalue weighted by Crippen LogP contribution is 2.37. The summed E-state index contributed by atoms with van der Waals surface area (Å²) in [5.74, 6) is 0. The predicted molar refractivity (Wildman–Crippen MR) is 56.0 cm³/mol. The van der Waals surface area contributed by atoms with Crippen LogP contribution in [-0.4, -0.2) is 4.98 Å². The van der Waals surface area contributed by atoms with Crippen LogP contribution in [0.4, 0.5) is 11.4 Å². The van der Waals surface area contributed by atoms with Gasteiger partial charge < -0.3 is 12.4 Å². The molecule has 0 spiro atoms. The summed E-state index contributed by atoms with van der Waals surface area (Å²) in [6.07, 6.45) is 3.76. The first kappa shape index (κ1) is 10.5. The van der Waals surface area contributed by atoms with Gasteiger partial charge in [-0.25, -0.2) is 0 Å². The van der Waals surface area contributed by atoms with Crippen molar-refractivity contribution in [3.63, 3.8) is 0 Å². The standard InChI is InChI=1S/C11H8N2S.ClH/c1-2-4-10-8(3-1)13-9-5-6-12-7-11(9)14-10;/h1-7,13H;1H. The molecule has 1 aromatic carbocycles. The van der Waals surface area contributed by atoms with Gasteiger partial charge in [0.2, 0.25) is 0 Å². The Labute approximate surface area is 98.5 Å². The van der Waals surface area contributed by atoms with E-state index in [-0.39, 0.29) is 12.4 Å². The molecule has 1 aliphatic rings. The van der Waals surface area contributed by atoms with Crippen LogP contribution in [0.15, 0.2) is 52.5 Å². The van der Waals surface area contributed by atoms with E-state index in [9.17, 15) is 0 Å². The second-order valence-corrected chi connectivity index (χ2v) is 4.28. The molecule has 2 nitrogen and oxygen atoms in total. The van der Waals surface area contributed by atoms with E-state index < -0.39 is 0 Å². The van der Waals surface area contributed by atoms with Crippen molar-refractivity contribution in [2.75, 3.05) is 0 Å². The van der Waals surface area contributed by atoms with E-state index in [2.05, 4.69) is 40.6 Å². The maximum absolute atomic E-state index is 4.13. The molecule has 0 radical (unpaired) electrons. The summed E-state index contributed by atoms with van der Waals surface area (Å²) in [5, 5.41) is 2.21. The summed E-state index contributed by atoms with van der Waals surface area (Å²) in [6.45, 7) is 0. The van der Waals surface area contributed by atoms with Gasteiger partial charge >= 0.3 is 0 Å². The van der Waals surface area contributed by atoms with Crippen LogP contribution in [-0.2, 0) is 0 Å². The number of aromatic nitrogens is 1. The SMILES string of the molecule is [Cl-].c1ccc2c(c1)[NH2+]c1ccncc1S2. The number of halogens is 1. The quantitative estimate of drug-likeness (QED) is 0.512. The van der Waals surface area contributed by atoms with E-state index in [1.54, 1.807) is 11.8 Å². The lowest BCUT2D eigenvalue weighted by atomic mass is 10.3. The van der Waals surface area contributed by atoms with Crippen molar-refractivity contribution in [1.82, 2.24) is 4.98 Å². The minimum Gasteiger partial charge on any atom is -1.00 e. The third-order valence-corrected chi connectivity index (χ3v) is 3.42. The van der Waals surface area contributed by atoms with E-state index in [4.69, 9.17) is 0 Å². The van der Waals surface area contributed by atoms with Crippen LogP contribution in [0.5, 0.6) is 0 Å². The topological polar surface area (TPSA) is 29.5 Å². The fourth-order valence-electron chi connectivity index (χ4n) is 1.57. The fraction of sp³-hybridized carbons (Fsp3) is 0. The summed E-state index contributed by atoms with van der Waals surface area (Å²) in [6, 6.07) is 10.5. The molecule has 0 amide bonds. The summed E-state index contributed by atoms with van der Waals surface area (Å²) < 4.78 is 0. The molecule has 0 fully saturated rings. The van der Waals surface area contributed by atoms with Crippen LogP contribution in [0.1, 0.15) is 0 Å². The number of quaternary nitrogens is 1. The minimum atomic E-state index is 0. The Morgan fingerprint density at radius 3 is 2.73 bits per heavy atom. The third kappa shape index (κ3) is 1.86. The highest BCUT2D eigenvalue weighted by atomic mass is 35.5. The second kappa shape index (κ2) is 4.23. The molecule has 2 N–H and O–H groups in total. The van der Waals surface area contributed by atoms with Gasteiger partial charge in [-0.1, -0.05) is 23.9 Å². The Morgan fingerprint density at radius 1 is 1.00 bits per heavy atom. The molecule has 4 heteroatoms. The Bertz CT molecular complexity index is 400. The van der Waals surface area contributed by atoms with Gasteiger partial charge in [-0.05, 0) is 6.07 Å². The normalized spacial score (nSPS) is 12.3. The van der Waals surface area contributed by atoms with E-state index in [1.807, 2.05) is 12.4 Å². The molecule has 3 rings (SSSR count). The molecule has 0 saturated heterocycles. The van der Waals surface area contributed by atoms with Gasteiger partial charge in [0.25, 0.3) is 0 Å². The van der Waals surface area contributed by atoms with Crippen LogP contribution in [0.2, 0.25) is 0 Å². The molecule has 0 aliphatic carbocycles. The molecule has 15 heavy (non-hydrogen) atoms. The lowest BCUT2D eigenvalue weighted by Crippen LogP contribution is -3.00. The molecule has 0 saturated carbocycles. The van der Waals surface area contributed by atoms with Gasteiger partial charge in [0.1, 0.15) is 5.69 Å². The minimum absolute atomic E-state index is 0. The van der Waals surface area contributed by atoms with Crippen LogP contribution >= 0.6 is 11.8 Å². The number of nitrogens with two attached hydrogens (primary N) is 1. The van der Waals surface area contributed by atoms with E-state index in [0.29, 0.717) is 0 Å². The number of pyridine rings is 1. The highest BCUT2D eigenvalue weighted by Gasteiger charge is 2.18. The Morgan fingerprint density at radius 2 is 1.80 bits per heavy atom. The van der Waals surface area contributed by atoms with Gasteiger partial charge in [-0.2, -0.15) is 0 Å². The van der Waals surface area contributed by atoms with E-state index in [1.165, 1.54) is 21.2 Å². The monoisotopic (exact) mass is 236 g/mol. The van der Waals surface area contributed by atoms with E-state index >= 15 is 0 Å². The molecular formula is C11H9ClN2S.